The topological polar surface area (TPSA) is 20.3 Å². The Morgan fingerprint density at radius 1 is 1.00 bits per heavy atom. The summed E-state index contributed by atoms with van der Waals surface area (Å²) < 4.78 is 0. The van der Waals surface area contributed by atoms with Crippen LogP contribution in [0.25, 0.3) is 0 Å². The molecule has 2 saturated carbocycles. The molecule has 3 fully saturated rings. The second kappa shape index (κ2) is 3.89. The summed E-state index contributed by atoms with van der Waals surface area (Å²) in [6, 6.07) is 1.08. The maximum atomic E-state index is 11.8. The number of Topliss-reactive ketones (excluding diaryl/α,β-unsaturated/α-hetero) is 1. The molecule has 3 aliphatic rings. The molecule has 2 heteroatoms. The molecule has 0 bridgehead atoms. The summed E-state index contributed by atoms with van der Waals surface area (Å²) in [7, 11) is 0. The molecule has 1 aliphatic heterocycles. The van der Waals surface area contributed by atoms with Crippen LogP contribution >= 0.6 is 0 Å². The standard InChI is InChI=1S/C13H21NO/c15-13-8-2-7-12(13)14-9-3-5-10-4-1-6-11(10)14/h10-12H,1-9H2. The first kappa shape index (κ1) is 9.83. The molecule has 1 saturated heterocycles. The van der Waals surface area contributed by atoms with Gasteiger partial charge in [-0.2, -0.15) is 0 Å². The van der Waals surface area contributed by atoms with E-state index in [1.165, 1.54) is 38.6 Å². The fourth-order valence-corrected chi connectivity index (χ4v) is 4.03. The molecule has 3 atom stereocenters. The van der Waals surface area contributed by atoms with Crippen LogP contribution in [-0.4, -0.2) is 29.3 Å². The summed E-state index contributed by atoms with van der Waals surface area (Å²) in [6.45, 7) is 1.19. The van der Waals surface area contributed by atoms with E-state index in [0.717, 1.165) is 31.2 Å². The average Bonchev–Trinajstić information content (AvgIpc) is 2.85. The van der Waals surface area contributed by atoms with Gasteiger partial charge in [0, 0.05) is 12.5 Å². The van der Waals surface area contributed by atoms with E-state index in [1.807, 2.05) is 0 Å². The molecule has 0 amide bonds. The molecule has 3 unspecified atom stereocenters. The fraction of sp³-hybridized carbons (Fsp3) is 0.923. The highest BCUT2D eigenvalue weighted by Gasteiger charge is 2.41. The van der Waals surface area contributed by atoms with E-state index in [-0.39, 0.29) is 0 Å². The number of carbonyl (C=O) groups is 1. The van der Waals surface area contributed by atoms with Gasteiger partial charge in [0.2, 0.25) is 0 Å². The first-order valence-electron chi connectivity index (χ1n) is 6.65. The quantitative estimate of drug-likeness (QED) is 0.658. The monoisotopic (exact) mass is 207 g/mol. The number of piperidine rings is 1. The molecular weight excluding hydrogens is 186 g/mol. The number of fused-ring (bicyclic) bond motifs is 1. The first-order valence-corrected chi connectivity index (χ1v) is 6.65. The van der Waals surface area contributed by atoms with Crippen LogP contribution in [0, 0.1) is 5.92 Å². The van der Waals surface area contributed by atoms with E-state index >= 15 is 0 Å². The number of ketones is 1. The Morgan fingerprint density at radius 2 is 1.87 bits per heavy atom. The number of hydrogen-bond acceptors (Lipinski definition) is 2. The molecule has 0 spiro atoms. The summed E-state index contributed by atoms with van der Waals surface area (Å²) in [4.78, 5) is 14.4. The largest absolute Gasteiger partial charge is 0.298 e. The third-order valence-corrected chi connectivity index (χ3v) is 4.71. The van der Waals surface area contributed by atoms with E-state index in [9.17, 15) is 4.79 Å². The second-order valence-corrected chi connectivity index (χ2v) is 5.51. The minimum atomic E-state index is 0.316. The molecule has 0 aromatic heterocycles. The summed E-state index contributed by atoms with van der Waals surface area (Å²) in [5.41, 5.74) is 0. The molecule has 15 heavy (non-hydrogen) atoms. The molecule has 84 valence electrons. The fourth-order valence-electron chi connectivity index (χ4n) is 4.03. The highest BCUT2D eigenvalue weighted by molar-refractivity contribution is 5.85. The van der Waals surface area contributed by atoms with Gasteiger partial charge in [0.05, 0.1) is 6.04 Å². The zero-order valence-corrected chi connectivity index (χ0v) is 9.45. The van der Waals surface area contributed by atoms with Gasteiger partial charge in [0.15, 0.2) is 0 Å². The van der Waals surface area contributed by atoms with Crippen molar-refractivity contribution in [3.05, 3.63) is 0 Å². The van der Waals surface area contributed by atoms with Gasteiger partial charge in [0.25, 0.3) is 0 Å². The van der Waals surface area contributed by atoms with E-state index < -0.39 is 0 Å². The molecule has 0 aromatic rings. The number of likely N-dealkylation sites (tertiary alicyclic amines) is 1. The van der Waals surface area contributed by atoms with Gasteiger partial charge in [0.1, 0.15) is 5.78 Å². The zero-order valence-electron chi connectivity index (χ0n) is 9.45. The van der Waals surface area contributed by atoms with Crippen LogP contribution in [0.15, 0.2) is 0 Å². The van der Waals surface area contributed by atoms with Gasteiger partial charge in [-0.3, -0.25) is 9.69 Å². The Hall–Kier alpha value is -0.370. The lowest BCUT2D eigenvalue weighted by Crippen LogP contribution is -2.49. The molecule has 3 rings (SSSR count). The molecule has 0 aromatic carbocycles. The van der Waals surface area contributed by atoms with Gasteiger partial charge in [-0.15, -0.1) is 0 Å². The molecule has 2 nitrogen and oxygen atoms in total. The van der Waals surface area contributed by atoms with Crippen molar-refractivity contribution in [2.24, 2.45) is 5.92 Å². The van der Waals surface area contributed by atoms with Crippen LogP contribution in [0.4, 0.5) is 0 Å². The number of nitrogens with zero attached hydrogens (tertiary/aromatic N) is 1. The van der Waals surface area contributed by atoms with E-state index in [2.05, 4.69) is 4.90 Å². The van der Waals surface area contributed by atoms with Crippen molar-refractivity contribution in [3.8, 4) is 0 Å². The summed E-state index contributed by atoms with van der Waals surface area (Å²) in [5.74, 6) is 1.45. The Bertz CT molecular complexity index is 263. The van der Waals surface area contributed by atoms with E-state index in [4.69, 9.17) is 0 Å². The van der Waals surface area contributed by atoms with Crippen LogP contribution in [-0.2, 0) is 4.79 Å². The third-order valence-electron chi connectivity index (χ3n) is 4.71. The lowest BCUT2D eigenvalue weighted by Gasteiger charge is -2.40. The smallest absolute Gasteiger partial charge is 0.149 e. The zero-order chi connectivity index (χ0) is 10.3. The molecular formula is C13H21NO. The van der Waals surface area contributed by atoms with Crippen LogP contribution in [0.1, 0.15) is 51.4 Å². The average molecular weight is 207 g/mol. The van der Waals surface area contributed by atoms with Crippen molar-refractivity contribution < 1.29 is 4.79 Å². The number of hydrogen-bond donors (Lipinski definition) is 0. The first-order chi connectivity index (χ1) is 7.36. The molecule has 2 aliphatic carbocycles. The molecule has 0 radical (unpaired) electrons. The maximum absolute atomic E-state index is 11.8. The maximum Gasteiger partial charge on any atom is 0.149 e. The van der Waals surface area contributed by atoms with Crippen molar-refractivity contribution in [1.82, 2.24) is 4.90 Å². The minimum absolute atomic E-state index is 0.316. The van der Waals surface area contributed by atoms with E-state index in [0.29, 0.717) is 11.8 Å². The van der Waals surface area contributed by atoms with Crippen LogP contribution < -0.4 is 0 Å². The Kier molecular flexibility index (Phi) is 2.55. The van der Waals surface area contributed by atoms with Crippen molar-refractivity contribution >= 4 is 5.78 Å². The molecule has 0 N–H and O–H groups in total. The van der Waals surface area contributed by atoms with Gasteiger partial charge in [-0.25, -0.2) is 0 Å². The van der Waals surface area contributed by atoms with Crippen molar-refractivity contribution in [2.75, 3.05) is 6.54 Å². The van der Waals surface area contributed by atoms with Crippen LogP contribution in [0.2, 0.25) is 0 Å². The van der Waals surface area contributed by atoms with Crippen LogP contribution in [0.3, 0.4) is 0 Å². The minimum Gasteiger partial charge on any atom is -0.298 e. The predicted octanol–water partition coefficient (Wildman–Crippen LogP) is 2.37. The summed E-state index contributed by atoms with van der Waals surface area (Å²) >= 11 is 0. The Balaban J connectivity index is 1.76. The summed E-state index contributed by atoms with van der Waals surface area (Å²) in [5, 5.41) is 0. The summed E-state index contributed by atoms with van der Waals surface area (Å²) in [6.07, 6.45) is 10.0. The van der Waals surface area contributed by atoms with Gasteiger partial charge in [-0.1, -0.05) is 6.42 Å². The number of rotatable bonds is 1. The van der Waals surface area contributed by atoms with Gasteiger partial charge >= 0.3 is 0 Å². The third kappa shape index (κ3) is 1.63. The Labute approximate surface area is 92.0 Å². The van der Waals surface area contributed by atoms with Gasteiger partial charge < -0.3 is 0 Å². The number of carbonyl (C=O) groups excluding carboxylic acids is 1. The van der Waals surface area contributed by atoms with Crippen molar-refractivity contribution in [2.45, 2.75) is 63.5 Å². The van der Waals surface area contributed by atoms with Crippen LogP contribution in [0.5, 0.6) is 0 Å². The lowest BCUT2D eigenvalue weighted by molar-refractivity contribution is -0.123. The molecule has 1 heterocycles. The highest BCUT2D eigenvalue weighted by atomic mass is 16.1. The normalized spacial score (nSPS) is 42.1. The van der Waals surface area contributed by atoms with Crippen molar-refractivity contribution in [3.63, 3.8) is 0 Å². The second-order valence-electron chi connectivity index (χ2n) is 5.51. The SMILES string of the molecule is O=C1CCCC1N1CCCC2CCCC21. The van der Waals surface area contributed by atoms with Crippen molar-refractivity contribution in [1.29, 1.82) is 0 Å². The predicted molar refractivity (Wildman–Crippen MR) is 59.7 cm³/mol. The Morgan fingerprint density at radius 3 is 2.67 bits per heavy atom. The lowest BCUT2D eigenvalue weighted by atomic mass is 9.90. The van der Waals surface area contributed by atoms with Gasteiger partial charge in [-0.05, 0) is 51.0 Å². The highest BCUT2D eigenvalue weighted by Crippen LogP contribution is 2.39. The van der Waals surface area contributed by atoms with E-state index in [1.54, 1.807) is 0 Å².